The van der Waals surface area contributed by atoms with E-state index in [1.54, 1.807) is 42.5 Å². The highest BCUT2D eigenvalue weighted by Gasteiger charge is 2.22. The van der Waals surface area contributed by atoms with Crippen molar-refractivity contribution in [3.63, 3.8) is 0 Å². The van der Waals surface area contributed by atoms with Crippen molar-refractivity contribution in [1.29, 1.82) is 0 Å². The second-order valence-corrected chi connectivity index (χ2v) is 9.15. The highest BCUT2D eigenvalue weighted by atomic mass is 35.5. The zero-order valence-corrected chi connectivity index (χ0v) is 17.9. The van der Waals surface area contributed by atoms with Crippen LogP contribution in [0.3, 0.4) is 0 Å². The van der Waals surface area contributed by atoms with Gasteiger partial charge in [0.1, 0.15) is 0 Å². The number of nitrogens with one attached hydrogen (secondary N) is 1. The van der Waals surface area contributed by atoms with Gasteiger partial charge in [-0.15, -0.1) is 0 Å². The van der Waals surface area contributed by atoms with Crippen molar-refractivity contribution in [2.75, 3.05) is 16.7 Å². The highest BCUT2D eigenvalue weighted by Crippen LogP contribution is 2.28. The molecule has 0 heterocycles. The van der Waals surface area contributed by atoms with Crippen molar-refractivity contribution < 1.29 is 13.2 Å². The van der Waals surface area contributed by atoms with Crippen LogP contribution in [-0.4, -0.2) is 21.4 Å². The van der Waals surface area contributed by atoms with Gasteiger partial charge in [0.15, 0.2) is 0 Å². The van der Waals surface area contributed by atoms with E-state index < -0.39 is 10.0 Å². The molecular formula is C22H21ClN2O3S. The van der Waals surface area contributed by atoms with E-state index in [1.807, 2.05) is 26.0 Å². The second-order valence-electron chi connectivity index (χ2n) is 6.77. The quantitative estimate of drug-likeness (QED) is 0.619. The van der Waals surface area contributed by atoms with Gasteiger partial charge in [-0.3, -0.25) is 9.10 Å². The van der Waals surface area contributed by atoms with Gasteiger partial charge >= 0.3 is 0 Å². The van der Waals surface area contributed by atoms with Crippen LogP contribution >= 0.6 is 11.6 Å². The molecule has 0 unspecified atom stereocenters. The zero-order chi connectivity index (χ0) is 21.2. The van der Waals surface area contributed by atoms with E-state index in [-0.39, 0.29) is 21.4 Å². The van der Waals surface area contributed by atoms with Crippen molar-refractivity contribution in [1.82, 2.24) is 0 Å². The molecule has 0 bridgehead atoms. The number of amides is 1. The lowest BCUT2D eigenvalue weighted by atomic mass is 10.1. The summed E-state index contributed by atoms with van der Waals surface area (Å²) in [7, 11) is -2.29. The van der Waals surface area contributed by atoms with Crippen LogP contribution in [0.1, 0.15) is 21.5 Å². The summed E-state index contributed by atoms with van der Waals surface area (Å²) in [5, 5.41) is 2.95. The van der Waals surface area contributed by atoms with Crippen molar-refractivity contribution in [3.8, 4) is 0 Å². The van der Waals surface area contributed by atoms with Gasteiger partial charge in [0.05, 0.1) is 21.2 Å². The number of nitrogens with zero attached hydrogens (tertiary/aromatic N) is 1. The van der Waals surface area contributed by atoms with Crippen molar-refractivity contribution in [3.05, 3.63) is 88.4 Å². The molecule has 1 amide bonds. The van der Waals surface area contributed by atoms with E-state index in [0.29, 0.717) is 11.4 Å². The molecular weight excluding hydrogens is 408 g/mol. The largest absolute Gasteiger partial charge is 0.322 e. The lowest BCUT2D eigenvalue weighted by molar-refractivity contribution is 0.102. The highest BCUT2D eigenvalue weighted by molar-refractivity contribution is 7.92. The molecule has 0 aromatic heterocycles. The Hall–Kier alpha value is -2.83. The molecule has 1 N–H and O–H groups in total. The molecule has 3 aromatic carbocycles. The maximum atomic E-state index is 12.8. The van der Waals surface area contributed by atoms with Gasteiger partial charge in [0.25, 0.3) is 15.9 Å². The number of sulfonamides is 1. The Kier molecular flexibility index (Phi) is 5.96. The number of carbonyl (C=O) groups excluding carboxylic acids is 1. The minimum atomic E-state index is -3.74. The Bertz CT molecular complexity index is 1140. The Morgan fingerprint density at radius 1 is 0.897 bits per heavy atom. The Morgan fingerprint density at radius 3 is 2.00 bits per heavy atom. The first-order valence-corrected chi connectivity index (χ1v) is 10.7. The van der Waals surface area contributed by atoms with E-state index in [9.17, 15) is 13.2 Å². The second kappa shape index (κ2) is 8.27. The third-order valence-electron chi connectivity index (χ3n) is 4.55. The molecule has 0 spiro atoms. The molecule has 0 aliphatic rings. The van der Waals surface area contributed by atoms with Gasteiger partial charge in [-0.2, -0.15) is 0 Å². The summed E-state index contributed by atoms with van der Waals surface area (Å²) in [4.78, 5) is 12.7. The van der Waals surface area contributed by atoms with Crippen LogP contribution in [0.5, 0.6) is 0 Å². The van der Waals surface area contributed by atoms with Crippen LogP contribution in [0.2, 0.25) is 5.02 Å². The molecule has 0 atom stereocenters. The van der Waals surface area contributed by atoms with Gasteiger partial charge in [0, 0.05) is 12.7 Å². The summed E-state index contributed by atoms with van der Waals surface area (Å²) in [5.41, 5.74) is 3.33. The standard InChI is InChI=1S/C22H21ClN2O3S/c1-15-4-8-17(9-5-15)24-22(26)20-13-10-18(14-21(20)23)25(3)29(27,28)19-11-6-16(2)7-12-19/h4-14H,1-3H3,(H,24,26). The number of anilines is 2. The van der Waals surface area contributed by atoms with Crippen LogP contribution in [-0.2, 0) is 10.0 Å². The van der Waals surface area contributed by atoms with Gasteiger partial charge in [-0.1, -0.05) is 47.0 Å². The Labute approximate surface area is 176 Å². The van der Waals surface area contributed by atoms with Gasteiger partial charge in [0.2, 0.25) is 0 Å². The van der Waals surface area contributed by atoms with Gasteiger partial charge in [-0.05, 0) is 56.3 Å². The van der Waals surface area contributed by atoms with Crippen molar-refractivity contribution >= 4 is 38.9 Å². The summed E-state index contributed by atoms with van der Waals surface area (Å²) in [6.45, 7) is 3.85. The summed E-state index contributed by atoms with van der Waals surface area (Å²) in [6, 6.07) is 18.5. The smallest absolute Gasteiger partial charge is 0.264 e. The maximum absolute atomic E-state index is 12.8. The molecule has 3 aromatic rings. The van der Waals surface area contributed by atoms with E-state index in [4.69, 9.17) is 11.6 Å². The number of carbonyl (C=O) groups is 1. The van der Waals surface area contributed by atoms with Gasteiger partial charge in [-0.25, -0.2) is 8.42 Å². The number of hydrogen-bond acceptors (Lipinski definition) is 3. The molecule has 7 heteroatoms. The van der Waals surface area contributed by atoms with Crippen LogP contribution in [0.4, 0.5) is 11.4 Å². The molecule has 0 aliphatic carbocycles. The molecule has 0 saturated heterocycles. The van der Waals surface area contributed by atoms with E-state index in [1.165, 1.54) is 19.2 Å². The van der Waals surface area contributed by atoms with Crippen LogP contribution in [0.25, 0.3) is 0 Å². The monoisotopic (exact) mass is 428 g/mol. The average Bonchev–Trinajstić information content (AvgIpc) is 2.69. The number of rotatable bonds is 5. The van der Waals surface area contributed by atoms with Crippen LogP contribution < -0.4 is 9.62 Å². The number of aryl methyl sites for hydroxylation is 2. The molecule has 3 rings (SSSR count). The van der Waals surface area contributed by atoms with E-state index >= 15 is 0 Å². The molecule has 0 fully saturated rings. The Balaban J connectivity index is 1.83. The summed E-state index contributed by atoms with van der Waals surface area (Å²) < 4.78 is 26.8. The molecule has 0 saturated carbocycles. The van der Waals surface area contributed by atoms with E-state index in [2.05, 4.69) is 5.32 Å². The number of halogens is 1. The number of benzene rings is 3. The van der Waals surface area contributed by atoms with Crippen molar-refractivity contribution in [2.45, 2.75) is 18.7 Å². The first-order valence-electron chi connectivity index (χ1n) is 8.91. The SMILES string of the molecule is Cc1ccc(NC(=O)c2ccc(N(C)S(=O)(=O)c3ccc(C)cc3)cc2Cl)cc1. The minimum absolute atomic E-state index is 0.165. The predicted octanol–water partition coefficient (Wildman–Crippen LogP) is 5.03. The van der Waals surface area contributed by atoms with Crippen LogP contribution in [0.15, 0.2) is 71.6 Å². The lowest BCUT2D eigenvalue weighted by Gasteiger charge is -2.20. The van der Waals surface area contributed by atoms with Crippen molar-refractivity contribution in [2.24, 2.45) is 0 Å². The fourth-order valence-corrected chi connectivity index (χ4v) is 4.17. The first kappa shape index (κ1) is 20.9. The average molecular weight is 429 g/mol. The van der Waals surface area contributed by atoms with Gasteiger partial charge < -0.3 is 5.32 Å². The third kappa shape index (κ3) is 4.60. The van der Waals surface area contributed by atoms with Crippen LogP contribution in [0, 0.1) is 13.8 Å². The maximum Gasteiger partial charge on any atom is 0.264 e. The summed E-state index contributed by atoms with van der Waals surface area (Å²) in [5.74, 6) is -0.366. The summed E-state index contributed by atoms with van der Waals surface area (Å²) in [6.07, 6.45) is 0. The molecule has 150 valence electrons. The van der Waals surface area contributed by atoms with E-state index in [0.717, 1.165) is 15.4 Å². The fourth-order valence-electron chi connectivity index (χ4n) is 2.73. The lowest BCUT2D eigenvalue weighted by Crippen LogP contribution is -2.26. The molecule has 29 heavy (non-hydrogen) atoms. The fraction of sp³-hybridized carbons (Fsp3) is 0.136. The first-order chi connectivity index (χ1) is 13.7. The molecule has 5 nitrogen and oxygen atoms in total. The predicted molar refractivity (Wildman–Crippen MR) is 117 cm³/mol. The topological polar surface area (TPSA) is 66.5 Å². The normalized spacial score (nSPS) is 11.2. The third-order valence-corrected chi connectivity index (χ3v) is 6.66. The minimum Gasteiger partial charge on any atom is -0.322 e. The summed E-state index contributed by atoms with van der Waals surface area (Å²) >= 11 is 6.29. The Morgan fingerprint density at radius 2 is 1.45 bits per heavy atom. The zero-order valence-electron chi connectivity index (χ0n) is 16.3. The molecule has 0 aliphatic heterocycles. The number of hydrogen-bond donors (Lipinski definition) is 1. The molecule has 0 radical (unpaired) electrons.